The van der Waals surface area contributed by atoms with E-state index < -0.39 is 5.97 Å². The van der Waals surface area contributed by atoms with Gasteiger partial charge in [-0.05, 0) is 0 Å². The molecule has 3 N–H and O–H groups in total. The van der Waals surface area contributed by atoms with Gasteiger partial charge in [-0.3, -0.25) is 0 Å². The smallest absolute Gasteiger partial charge is 1.00 e. The van der Waals surface area contributed by atoms with Gasteiger partial charge >= 0.3 is 35.5 Å². The number of thiazole rings is 1. The van der Waals surface area contributed by atoms with Gasteiger partial charge in [0.2, 0.25) is 12.3 Å². The molecule has 9 heteroatoms. The van der Waals surface area contributed by atoms with E-state index in [2.05, 4.69) is 15.0 Å². The molecule has 0 saturated carbocycles. The number of hydrogen-bond acceptors (Lipinski definition) is 7. The molecular formula is C7H7N4NaO3S. The minimum Gasteiger partial charge on any atom is -1.00 e. The maximum absolute atomic E-state index is 10.7. The number of aliphatic carboxylic acids is 1. The van der Waals surface area contributed by atoms with Crippen LogP contribution in [-0.2, 0) is 9.63 Å². The number of nitrogens with two attached hydrogens (primary N) is 1. The third kappa shape index (κ3) is 4.16. The van der Waals surface area contributed by atoms with Gasteiger partial charge < -0.3 is 17.1 Å². The predicted octanol–water partition coefficient (Wildman–Crippen LogP) is -2.83. The monoisotopic (exact) mass is 250 g/mol. The van der Waals surface area contributed by atoms with Gasteiger partial charge in [-0.15, -0.1) is 11.3 Å². The van der Waals surface area contributed by atoms with E-state index in [9.17, 15) is 4.79 Å². The number of carboxylic acid groups (broad SMARTS) is 1. The summed E-state index contributed by atoms with van der Waals surface area (Å²) in [6.07, 6.45) is 0. The maximum atomic E-state index is 10.7. The van der Waals surface area contributed by atoms with Crippen LogP contribution in [0.2, 0.25) is 0 Å². The Morgan fingerprint density at radius 2 is 2.56 bits per heavy atom. The minimum absolute atomic E-state index is 0. The van der Waals surface area contributed by atoms with Gasteiger partial charge in [-0.1, -0.05) is 5.16 Å². The fourth-order valence-corrected chi connectivity index (χ4v) is 1.27. The Morgan fingerprint density at radius 3 is 3.00 bits per heavy atom. The number of rotatable bonds is 4. The van der Waals surface area contributed by atoms with E-state index in [0.717, 1.165) is 11.3 Å². The van der Waals surface area contributed by atoms with E-state index in [4.69, 9.17) is 16.1 Å². The summed E-state index contributed by atoms with van der Waals surface area (Å²) in [4.78, 5) is 18.9. The van der Waals surface area contributed by atoms with E-state index in [1.807, 2.05) is 0 Å². The molecule has 1 aromatic rings. The van der Waals surface area contributed by atoms with Crippen molar-refractivity contribution in [3.8, 4) is 6.07 Å². The first kappa shape index (κ1) is 14.9. The molecule has 0 saturated heterocycles. The quantitative estimate of drug-likeness (QED) is 0.257. The average molecular weight is 250 g/mol. The molecule has 1 rings (SSSR count). The number of hydrogen-bond donors (Lipinski definition) is 2. The van der Waals surface area contributed by atoms with E-state index in [1.54, 1.807) is 6.07 Å². The molecule has 0 amide bonds. The van der Waals surface area contributed by atoms with Crippen LogP contribution in [0.25, 0.3) is 0 Å². The molecule has 0 radical (unpaired) electrons. The molecule has 1 heterocycles. The van der Waals surface area contributed by atoms with E-state index in [-0.39, 0.29) is 54.1 Å². The van der Waals surface area contributed by atoms with Crippen molar-refractivity contribution in [2.24, 2.45) is 5.16 Å². The molecule has 0 fully saturated rings. The van der Waals surface area contributed by atoms with Crippen LogP contribution in [0.5, 0.6) is 0 Å². The molecule has 0 spiro atoms. The summed E-state index contributed by atoms with van der Waals surface area (Å²) < 4.78 is 0. The van der Waals surface area contributed by atoms with Crippen LogP contribution in [-0.4, -0.2) is 28.4 Å². The summed E-state index contributed by atoms with van der Waals surface area (Å²) in [6, 6.07) is 1.65. The first-order valence-electron chi connectivity index (χ1n) is 3.66. The van der Waals surface area contributed by atoms with Crippen molar-refractivity contribution in [2.75, 3.05) is 12.3 Å². The molecule has 1 aromatic heterocycles. The topological polar surface area (TPSA) is 122 Å². The number of oxime groups is 1. The summed E-state index contributed by atoms with van der Waals surface area (Å²) in [6.45, 7) is -0.323. The molecule has 80 valence electrons. The van der Waals surface area contributed by atoms with Gasteiger partial charge in [-0.25, -0.2) is 9.78 Å². The standard InChI is InChI=1S/C7H6N4O3S.Na.H/c8-1-2-14-11-5(6(12)13)4-3-15-7(9)10-4;;/h3H,2H2,(H2,9,10)(H,12,13);;/q;+1;-1/b11-5-;;. The van der Waals surface area contributed by atoms with E-state index in [0.29, 0.717) is 0 Å². The van der Waals surface area contributed by atoms with Crippen molar-refractivity contribution >= 4 is 28.1 Å². The van der Waals surface area contributed by atoms with Crippen LogP contribution in [0, 0.1) is 11.3 Å². The van der Waals surface area contributed by atoms with Crippen LogP contribution in [0.4, 0.5) is 5.13 Å². The summed E-state index contributed by atoms with van der Waals surface area (Å²) in [7, 11) is 0. The van der Waals surface area contributed by atoms with E-state index >= 15 is 0 Å². The van der Waals surface area contributed by atoms with Crippen molar-refractivity contribution in [3.63, 3.8) is 0 Å². The van der Waals surface area contributed by atoms with Crippen LogP contribution < -0.4 is 35.3 Å². The van der Waals surface area contributed by atoms with Gasteiger partial charge in [0.05, 0.1) is 0 Å². The van der Waals surface area contributed by atoms with Crippen LogP contribution in [0.15, 0.2) is 10.5 Å². The fraction of sp³-hybridized carbons (Fsp3) is 0.143. The van der Waals surface area contributed by atoms with Gasteiger partial charge in [0.1, 0.15) is 11.8 Å². The molecule has 0 unspecified atom stereocenters. The van der Waals surface area contributed by atoms with Gasteiger partial charge in [0.15, 0.2) is 5.13 Å². The Balaban J connectivity index is 0. The van der Waals surface area contributed by atoms with Crippen molar-refractivity contribution in [2.45, 2.75) is 0 Å². The molecule has 0 aliphatic rings. The largest absolute Gasteiger partial charge is 1.00 e. The number of carbonyl (C=O) groups is 1. The molecule has 16 heavy (non-hydrogen) atoms. The normalized spacial score (nSPS) is 10.1. The van der Waals surface area contributed by atoms with Crippen LogP contribution in [0.1, 0.15) is 7.12 Å². The number of carboxylic acids is 1. The first-order chi connectivity index (χ1) is 7.15. The van der Waals surface area contributed by atoms with Crippen molar-refractivity contribution in [3.05, 3.63) is 11.1 Å². The zero-order chi connectivity index (χ0) is 11.3. The Labute approximate surface area is 118 Å². The average Bonchev–Trinajstić information content (AvgIpc) is 2.59. The zero-order valence-corrected chi connectivity index (χ0v) is 11.2. The molecule has 0 aromatic carbocycles. The minimum atomic E-state index is -1.29. The molecule has 0 bridgehead atoms. The van der Waals surface area contributed by atoms with Gasteiger partial charge in [-0.2, -0.15) is 5.26 Å². The molecule has 0 aliphatic heterocycles. The summed E-state index contributed by atoms with van der Waals surface area (Å²) in [5.41, 5.74) is 5.07. The number of aromatic nitrogens is 1. The van der Waals surface area contributed by atoms with Crippen molar-refractivity contribution in [1.82, 2.24) is 4.98 Å². The zero-order valence-electron chi connectivity index (χ0n) is 9.38. The number of nitriles is 1. The van der Waals surface area contributed by atoms with Crippen molar-refractivity contribution < 1.29 is 45.7 Å². The van der Waals surface area contributed by atoms with E-state index in [1.165, 1.54) is 5.38 Å². The molecule has 0 atom stereocenters. The third-order valence-electron chi connectivity index (χ3n) is 1.25. The predicted molar refractivity (Wildman–Crippen MR) is 53.4 cm³/mol. The second-order valence-corrected chi connectivity index (χ2v) is 3.14. The van der Waals surface area contributed by atoms with Gasteiger partial charge in [0, 0.05) is 5.38 Å². The SMILES string of the molecule is N#CCO/N=C(\C(=O)O)c1csc(N)n1.[H-].[Na+]. The molecule has 0 aliphatic carbocycles. The molecule has 7 nitrogen and oxygen atoms in total. The summed E-state index contributed by atoms with van der Waals surface area (Å²) in [5, 5.41) is 21.9. The Kier molecular flexibility index (Phi) is 6.67. The maximum Gasteiger partial charge on any atom is 1.00 e. The Morgan fingerprint density at radius 1 is 1.88 bits per heavy atom. The third-order valence-corrected chi connectivity index (χ3v) is 1.93. The van der Waals surface area contributed by atoms with Gasteiger partial charge in [0.25, 0.3) is 0 Å². The Bertz CT molecular complexity index is 445. The summed E-state index contributed by atoms with van der Waals surface area (Å²) >= 11 is 1.09. The second-order valence-electron chi connectivity index (χ2n) is 2.25. The summed E-state index contributed by atoms with van der Waals surface area (Å²) in [5.74, 6) is -1.29. The first-order valence-corrected chi connectivity index (χ1v) is 4.54. The second kappa shape index (κ2) is 7.19. The van der Waals surface area contributed by atoms with Crippen molar-refractivity contribution in [1.29, 1.82) is 5.26 Å². The number of anilines is 1. The Hall–Kier alpha value is -1.14. The van der Waals surface area contributed by atoms with Crippen LogP contribution in [0.3, 0.4) is 0 Å². The molecular weight excluding hydrogens is 243 g/mol. The van der Waals surface area contributed by atoms with Crippen LogP contribution >= 0.6 is 11.3 Å². The number of nitrogens with zero attached hydrogens (tertiary/aromatic N) is 3. The fourth-order valence-electron chi connectivity index (χ4n) is 0.717. The number of nitrogen functional groups attached to an aromatic ring is 1.